The molecular weight excluding hydrogens is 424 g/mol. The number of nitrogens with one attached hydrogen (secondary N) is 1. The standard InChI is InChI=1S/C21H21ClN4O5/c1-21(2,12-31-18(27)11-22)23-20(28)19-16-8-7-14(10-17(16)25(3)24-19)13-5-4-6-15(9-13)26(29)30/h4-10H,11-12H2,1-3H3,(H,23,28). The lowest BCUT2D eigenvalue weighted by molar-refractivity contribution is -0.384. The second-order valence-corrected chi connectivity index (χ2v) is 7.91. The molecule has 0 aliphatic heterocycles. The van der Waals surface area contributed by atoms with E-state index in [2.05, 4.69) is 10.4 Å². The predicted molar refractivity (Wildman–Crippen MR) is 116 cm³/mol. The van der Waals surface area contributed by atoms with E-state index in [1.807, 2.05) is 6.07 Å². The molecule has 10 heteroatoms. The number of carbonyl (C=O) groups excluding carboxylic acids is 2. The molecule has 3 rings (SSSR count). The molecule has 1 amide bonds. The number of nitro benzene ring substituents is 1. The van der Waals surface area contributed by atoms with Crippen molar-refractivity contribution in [2.75, 3.05) is 12.5 Å². The summed E-state index contributed by atoms with van der Waals surface area (Å²) in [7, 11) is 1.71. The third-order valence-corrected chi connectivity index (χ3v) is 4.83. The van der Waals surface area contributed by atoms with Crippen LogP contribution < -0.4 is 5.32 Å². The molecule has 1 heterocycles. The number of aryl methyl sites for hydroxylation is 1. The number of nitrogens with zero attached hydrogens (tertiary/aromatic N) is 3. The van der Waals surface area contributed by atoms with Gasteiger partial charge in [-0.15, -0.1) is 11.6 Å². The maximum absolute atomic E-state index is 12.8. The van der Waals surface area contributed by atoms with Crippen LogP contribution in [0.5, 0.6) is 0 Å². The van der Waals surface area contributed by atoms with Crippen LogP contribution in [0.3, 0.4) is 0 Å². The fraction of sp³-hybridized carbons (Fsp3) is 0.286. The van der Waals surface area contributed by atoms with E-state index in [1.165, 1.54) is 12.1 Å². The van der Waals surface area contributed by atoms with Crippen molar-refractivity contribution in [3.05, 3.63) is 58.3 Å². The summed E-state index contributed by atoms with van der Waals surface area (Å²) in [5.41, 5.74) is 1.54. The second-order valence-electron chi connectivity index (χ2n) is 7.64. The van der Waals surface area contributed by atoms with Crippen molar-refractivity contribution in [1.29, 1.82) is 0 Å². The van der Waals surface area contributed by atoms with Crippen LogP contribution in [-0.4, -0.2) is 44.6 Å². The Balaban J connectivity index is 1.88. The summed E-state index contributed by atoms with van der Waals surface area (Å²) < 4.78 is 6.59. The quantitative estimate of drug-likeness (QED) is 0.258. The van der Waals surface area contributed by atoms with Crippen molar-refractivity contribution in [2.45, 2.75) is 19.4 Å². The highest BCUT2D eigenvalue weighted by molar-refractivity contribution is 6.26. The first-order valence-electron chi connectivity index (χ1n) is 9.37. The van der Waals surface area contributed by atoms with Gasteiger partial charge in [-0.2, -0.15) is 5.10 Å². The Morgan fingerprint density at radius 2 is 1.94 bits per heavy atom. The lowest BCUT2D eigenvalue weighted by Crippen LogP contribution is -2.47. The molecule has 0 radical (unpaired) electrons. The molecule has 9 nitrogen and oxygen atoms in total. The van der Waals surface area contributed by atoms with Gasteiger partial charge in [-0.1, -0.05) is 18.2 Å². The Labute approximate surface area is 183 Å². The molecule has 31 heavy (non-hydrogen) atoms. The zero-order valence-electron chi connectivity index (χ0n) is 17.2. The number of nitro groups is 1. The first-order valence-corrected chi connectivity index (χ1v) is 9.90. The van der Waals surface area contributed by atoms with E-state index in [0.29, 0.717) is 16.5 Å². The Bertz CT molecular complexity index is 1170. The van der Waals surface area contributed by atoms with Gasteiger partial charge in [0.25, 0.3) is 11.6 Å². The summed E-state index contributed by atoms with van der Waals surface area (Å²) >= 11 is 5.42. The topological polar surface area (TPSA) is 116 Å². The summed E-state index contributed by atoms with van der Waals surface area (Å²) in [6, 6.07) is 11.7. The molecule has 2 aromatic carbocycles. The van der Waals surface area contributed by atoms with E-state index in [-0.39, 0.29) is 23.9 Å². The van der Waals surface area contributed by atoms with Crippen LogP contribution in [0, 0.1) is 10.1 Å². The Morgan fingerprint density at radius 3 is 2.61 bits per heavy atom. The van der Waals surface area contributed by atoms with Crippen LogP contribution in [0.15, 0.2) is 42.5 Å². The fourth-order valence-corrected chi connectivity index (χ4v) is 3.18. The van der Waals surface area contributed by atoms with Crippen LogP contribution in [-0.2, 0) is 16.6 Å². The molecular formula is C21H21ClN4O5. The Hall–Kier alpha value is -3.46. The molecule has 1 aromatic heterocycles. The summed E-state index contributed by atoms with van der Waals surface area (Å²) in [5.74, 6) is -1.25. The molecule has 0 saturated heterocycles. The number of esters is 1. The minimum Gasteiger partial charge on any atom is -0.462 e. The SMILES string of the molecule is Cn1nc(C(=O)NC(C)(C)COC(=O)CCl)c2ccc(-c3cccc([N+](=O)[O-])c3)cc21. The minimum absolute atomic E-state index is 0.000214. The predicted octanol–water partition coefficient (Wildman–Crippen LogP) is 3.44. The Kier molecular flexibility index (Phi) is 6.26. The molecule has 0 aliphatic rings. The van der Waals surface area contributed by atoms with Crippen LogP contribution in [0.1, 0.15) is 24.3 Å². The third kappa shape index (κ3) is 5.00. The van der Waals surface area contributed by atoms with Gasteiger partial charge in [0.2, 0.25) is 0 Å². The summed E-state index contributed by atoms with van der Waals surface area (Å²) in [4.78, 5) is 34.7. The maximum atomic E-state index is 12.8. The van der Waals surface area contributed by atoms with Gasteiger partial charge in [0.1, 0.15) is 12.5 Å². The van der Waals surface area contributed by atoms with Crippen molar-refractivity contribution >= 4 is 40.1 Å². The van der Waals surface area contributed by atoms with Gasteiger partial charge in [-0.05, 0) is 37.1 Å². The number of ether oxygens (including phenoxy) is 1. The highest BCUT2D eigenvalue weighted by atomic mass is 35.5. The molecule has 0 fully saturated rings. The van der Waals surface area contributed by atoms with Gasteiger partial charge in [0.15, 0.2) is 5.69 Å². The van der Waals surface area contributed by atoms with E-state index in [9.17, 15) is 19.7 Å². The second kappa shape index (κ2) is 8.73. The molecule has 3 aromatic rings. The summed E-state index contributed by atoms with van der Waals surface area (Å²) in [6.07, 6.45) is 0. The normalized spacial score (nSPS) is 11.4. The molecule has 0 spiro atoms. The number of hydrogen-bond donors (Lipinski definition) is 1. The molecule has 1 N–H and O–H groups in total. The molecule has 0 bridgehead atoms. The van der Waals surface area contributed by atoms with Crippen molar-refractivity contribution in [2.24, 2.45) is 7.05 Å². The number of hydrogen-bond acceptors (Lipinski definition) is 6. The van der Waals surface area contributed by atoms with E-state index < -0.39 is 22.3 Å². The van der Waals surface area contributed by atoms with E-state index in [1.54, 1.807) is 49.8 Å². The lowest BCUT2D eigenvalue weighted by Gasteiger charge is -2.25. The van der Waals surface area contributed by atoms with Crippen LogP contribution in [0.2, 0.25) is 0 Å². The van der Waals surface area contributed by atoms with Crippen LogP contribution in [0.4, 0.5) is 5.69 Å². The summed E-state index contributed by atoms with van der Waals surface area (Å²) in [6.45, 7) is 3.40. The van der Waals surface area contributed by atoms with Gasteiger partial charge in [-0.3, -0.25) is 24.4 Å². The number of alkyl halides is 1. The van der Waals surface area contributed by atoms with Crippen molar-refractivity contribution in [3.8, 4) is 11.1 Å². The van der Waals surface area contributed by atoms with Gasteiger partial charge < -0.3 is 10.1 Å². The molecule has 0 atom stereocenters. The van der Waals surface area contributed by atoms with Crippen LogP contribution >= 0.6 is 11.6 Å². The molecule has 162 valence electrons. The number of fused-ring (bicyclic) bond motifs is 1. The number of benzene rings is 2. The average molecular weight is 445 g/mol. The third-order valence-electron chi connectivity index (χ3n) is 4.61. The van der Waals surface area contributed by atoms with E-state index >= 15 is 0 Å². The van der Waals surface area contributed by atoms with E-state index in [0.717, 1.165) is 5.56 Å². The number of aromatic nitrogens is 2. The molecule has 0 saturated carbocycles. The van der Waals surface area contributed by atoms with E-state index in [4.69, 9.17) is 16.3 Å². The Morgan fingerprint density at radius 1 is 1.23 bits per heavy atom. The number of carbonyl (C=O) groups is 2. The molecule has 0 unspecified atom stereocenters. The van der Waals surface area contributed by atoms with Crippen molar-refractivity contribution < 1.29 is 19.2 Å². The largest absolute Gasteiger partial charge is 0.462 e. The van der Waals surface area contributed by atoms with Gasteiger partial charge >= 0.3 is 5.97 Å². The monoisotopic (exact) mass is 444 g/mol. The average Bonchev–Trinajstić information content (AvgIpc) is 3.08. The van der Waals surface area contributed by atoms with Gasteiger partial charge in [0, 0.05) is 24.6 Å². The number of rotatable bonds is 7. The van der Waals surface area contributed by atoms with Gasteiger partial charge in [0.05, 0.1) is 16.0 Å². The first-order chi connectivity index (χ1) is 14.6. The maximum Gasteiger partial charge on any atom is 0.320 e. The minimum atomic E-state index is -0.828. The summed E-state index contributed by atoms with van der Waals surface area (Å²) in [5, 5.41) is 18.8. The zero-order chi connectivity index (χ0) is 22.8. The first kappa shape index (κ1) is 22.2. The smallest absolute Gasteiger partial charge is 0.320 e. The zero-order valence-corrected chi connectivity index (χ0v) is 18.0. The van der Waals surface area contributed by atoms with Crippen molar-refractivity contribution in [3.63, 3.8) is 0 Å². The fourth-order valence-electron chi connectivity index (χ4n) is 3.11. The van der Waals surface area contributed by atoms with Crippen LogP contribution in [0.25, 0.3) is 22.0 Å². The highest BCUT2D eigenvalue weighted by Crippen LogP contribution is 2.28. The lowest BCUT2D eigenvalue weighted by atomic mass is 10.0. The number of non-ortho nitro benzene ring substituents is 1. The van der Waals surface area contributed by atoms with Crippen molar-refractivity contribution in [1.82, 2.24) is 15.1 Å². The highest BCUT2D eigenvalue weighted by Gasteiger charge is 2.26. The number of amides is 1. The molecule has 0 aliphatic carbocycles. The van der Waals surface area contributed by atoms with Gasteiger partial charge in [-0.25, -0.2) is 0 Å². The number of halogens is 1.